The molecule has 1 fully saturated rings. The second kappa shape index (κ2) is 6.33. The Morgan fingerprint density at radius 1 is 1.32 bits per heavy atom. The predicted octanol–water partition coefficient (Wildman–Crippen LogP) is 1.26. The van der Waals surface area contributed by atoms with E-state index in [1.165, 1.54) is 0 Å². The molecule has 0 atom stereocenters. The fourth-order valence-electron chi connectivity index (χ4n) is 1.72. The zero-order valence-corrected chi connectivity index (χ0v) is 10.8. The Bertz CT molecular complexity index is 470. The SMILES string of the molecule is NCCCC(=O)Nc1cccc(C(=O)NC2CC2)c1. The minimum Gasteiger partial charge on any atom is -0.349 e. The summed E-state index contributed by atoms with van der Waals surface area (Å²) in [5.41, 5.74) is 6.57. The summed E-state index contributed by atoms with van der Waals surface area (Å²) in [4.78, 5) is 23.4. The van der Waals surface area contributed by atoms with Gasteiger partial charge in [-0.05, 0) is 44.0 Å². The Morgan fingerprint density at radius 2 is 2.11 bits per heavy atom. The summed E-state index contributed by atoms with van der Waals surface area (Å²) in [6, 6.07) is 7.30. The maximum Gasteiger partial charge on any atom is 0.251 e. The van der Waals surface area contributed by atoms with Crippen LogP contribution in [0.4, 0.5) is 5.69 Å². The number of amides is 2. The second-order valence-corrected chi connectivity index (χ2v) is 4.77. The van der Waals surface area contributed by atoms with E-state index in [0.717, 1.165) is 12.8 Å². The van der Waals surface area contributed by atoms with Crippen molar-refractivity contribution in [3.8, 4) is 0 Å². The van der Waals surface area contributed by atoms with Crippen molar-refractivity contribution in [1.29, 1.82) is 0 Å². The maximum atomic E-state index is 11.9. The van der Waals surface area contributed by atoms with Crippen molar-refractivity contribution in [3.05, 3.63) is 29.8 Å². The molecule has 19 heavy (non-hydrogen) atoms. The molecule has 1 aliphatic carbocycles. The molecule has 1 aromatic rings. The van der Waals surface area contributed by atoms with E-state index >= 15 is 0 Å². The number of hydrogen-bond donors (Lipinski definition) is 3. The molecule has 5 heteroatoms. The average Bonchev–Trinajstić information content (AvgIpc) is 3.20. The smallest absolute Gasteiger partial charge is 0.251 e. The fraction of sp³-hybridized carbons (Fsp3) is 0.429. The van der Waals surface area contributed by atoms with Gasteiger partial charge in [0.25, 0.3) is 5.91 Å². The van der Waals surface area contributed by atoms with E-state index in [9.17, 15) is 9.59 Å². The number of hydrogen-bond acceptors (Lipinski definition) is 3. The number of carbonyl (C=O) groups excluding carboxylic acids is 2. The highest BCUT2D eigenvalue weighted by Crippen LogP contribution is 2.20. The van der Waals surface area contributed by atoms with Crippen molar-refractivity contribution in [2.45, 2.75) is 31.7 Å². The second-order valence-electron chi connectivity index (χ2n) is 4.77. The van der Waals surface area contributed by atoms with Gasteiger partial charge in [-0.15, -0.1) is 0 Å². The summed E-state index contributed by atoms with van der Waals surface area (Å²) < 4.78 is 0. The van der Waals surface area contributed by atoms with Gasteiger partial charge >= 0.3 is 0 Å². The van der Waals surface area contributed by atoms with Crippen molar-refractivity contribution in [2.24, 2.45) is 5.73 Å². The number of nitrogens with two attached hydrogens (primary N) is 1. The molecule has 4 N–H and O–H groups in total. The van der Waals surface area contributed by atoms with E-state index in [4.69, 9.17) is 5.73 Å². The summed E-state index contributed by atoms with van der Waals surface area (Å²) in [7, 11) is 0. The van der Waals surface area contributed by atoms with Crippen molar-refractivity contribution in [2.75, 3.05) is 11.9 Å². The van der Waals surface area contributed by atoms with Crippen LogP contribution in [0.25, 0.3) is 0 Å². The van der Waals surface area contributed by atoms with Gasteiger partial charge in [0.2, 0.25) is 5.91 Å². The highest BCUT2D eigenvalue weighted by Gasteiger charge is 2.23. The molecule has 1 aliphatic rings. The van der Waals surface area contributed by atoms with Crippen LogP contribution in [0.3, 0.4) is 0 Å². The molecular formula is C14H19N3O2. The zero-order valence-electron chi connectivity index (χ0n) is 10.8. The summed E-state index contributed by atoms with van der Waals surface area (Å²) in [6.45, 7) is 0.497. The summed E-state index contributed by atoms with van der Waals surface area (Å²) >= 11 is 0. The Hall–Kier alpha value is -1.88. The lowest BCUT2D eigenvalue weighted by atomic mass is 10.2. The van der Waals surface area contributed by atoms with Crippen molar-refractivity contribution in [1.82, 2.24) is 5.32 Å². The molecule has 2 amide bonds. The van der Waals surface area contributed by atoms with Gasteiger partial charge in [-0.1, -0.05) is 6.07 Å². The molecular weight excluding hydrogens is 242 g/mol. The first kappa shape index (κ1) is 13.5. The molecule has 0 spiro atoms. The lowest BCUT2D eigenvalue weighted by molar-refractivity contribution is -0.116. The Balaban J connectivity index is 1.93. The van der Waals surface area contributed by atoms with Gasteiger partial charge in [0, 0.05) is 23.7 Å². The topological polar surface area (TPSA) is 84.2 Å². The van der Waals surface area contributed by atoms with Crippen LogP contribution in [0, 0.1) is 0 Å². The predicted molar refractivity (Wildman–Crippen MR) is 73.8 cm³/mol. The van der Waals surface area contributed by atoms with Crippen LogP contribution in [0.15, 0.2) is 24.3 Å². The lowest BCUT2D eigenvalue weighted by Gasteiger charge is -2.07. The molecule has 0 radical (unpaired) electrons. The van der Waals surface area contributed by atoms with Crippen LogP contribution in [0.2, 0.25) is 0 Å². The van der Waals surface area contributed by atoms with Gasteiger partial charge in [-0.3, -0.25) is 9.59 Å². The van der Waals surface area contributed by atoms with Gasteiger partial charge in [0.05, 0.1) is 0 Å². The van der Waals surface area contributed by atoms with Crippen molar-refractivity contribution in [3.63, 3.8) is 0 Å². The Labute approximate surface area is 112 Å². The van der Waals surface area contributed by atoms with Gasteiger partial charge < -0.3 is 16.4 Å². The Morgan fingerprint density at radius 3 is 2.79 bits per heavy atom. The first-order valence-electron chi connectivity index (χ1n) is 6.60. The molecule has 0 bridgehead atoms. The number of benzene rings is 1. The molecule has 0 saturated heterocycles. The largest absolute Gasteiger partial charge is 0.349 e. The summed E-state index contributed by atoms with van der Waals surface area (Å²) in [6.07, 6.45) is 3.17. The minimum atomic E-state index is -0.0828. The average molecular weight is 261 g/mol. The van der Waals surface area contributed by atoms with Crippen LogP contribution in [0.1, 0.15) is 36.0 Å². The van der Waals surface area contributed by atoms with Crippen molar-refractivity contribution < 1.29 is 9.59 Å². The molecule has 1 saturated carbocycles. The third-order valence-corrected chi connectivity index (χ3v) is 2.93. The normalized spacial score (nSPS) is 13.9. The first-order valence-corrected chi connectivity index (χ1v) is 6.60. The number of anilines is 1. The van der Waals surface area contributed by atoms with Gasteiger partial charge in [0.1, 0.15) is 0 Å². The van der Waals surface area contributed by atoms with Gasteiger partial charge in [0.15, 0.2) is 0 Å². The van der Waals surface area contributed by atoms with E-state index in [2.05, 4.69) is 10.6 Å². The summed E-state index contributed by atoms with van der Waals surface area (Å²) in [5.74, 6) is -0.161. The van der Waals surface area contributed by atoms with E-state index in [-0.39, 0.29) is 11.8 Å². The molecule has 0 aromatic heterocycles. The molecule has 0 unspecified atom stereocenters. The van der Waals surface area contributed by atoms with Crippen molar-refractivity contribution >= 4 is 17.5 Å². The Kier molecular flexibility index (Phi) is 4.52. The molecule has 1 aromatic carbocycles. The molecule has 0 heterocycles. The van der Waals surface area contributed by atoms with Gasteiger partial charge in [-0.2, -0.15) is 0 Å². The highest BCUT2D eigenvalue weighted by molar-refractivity contribution is 5.97. The molecule has 5 nitrogen and oxygen atoms in total. The molecule has 102 valence electrons. The van der Waals surface area contributed by atoms with E-state index in [1.807, 2.05) is 0 Å². The quantitative estimate of drug-likeness (QED) is 0.720. The van der Waals surface area contributed by atoms with E-state index in [0.29, 0.717) is 36.7 Å². The lowest BCUT2D eigenvalue weighted by Crippen LogP contribution is -2.25. The van der Waals surface area contributed by atoms with Crippen LogP contribution in [-0.2, 0) is 4.79 Å². The molecule has 2 rings (SSSR count). The first-order chi connectivity index (χ1) is 9.19. The third kappa shape index (κ3) is 4.37. The van der Waals surface area contributed by atoms with Crippen LogP contribution >= 0.6 is 0 Å². The fourth-order valence-corrected chi connectivity index (χ4v) is 1.72. The minimum absolute atomic E-state index is 0.0785. The van der Waals surface area contributed by atoms with E-state index < -0.39 is 0 Å². The number of carbonyl (C=O) groups is 2. The van der Waals surface area contributed by atoms with E-state index in [1.54, 1.807) is 24.3 Å². The monoisotopic (exact) mass is 261 g/mol. The van der Waals surface area contributed by atoms with Crippen LogP contribution in [0.5, 0.6) is 0 Å². The van der Waals surface area contributed by atoms with Gasteiger partial charge in [-0.25, -0.2) is 0 Å². The third-order valence-electron chi connectivity index (χ3n) is 2.93. The standard InChI is InChI=1S/C14H19N3O2/c15-8-2-5-13(18)16-12-4-1-3-10(9-12)14(19)17-11-6-7-11/h1,3-4,9,11H,2,5-8,15H2,(H,16,18)(H,17,19). The number of rotatable bonds is 6. The van der Waals surface area contributed by atoms with Crippen LogP contribution < -0.4 is 16.4 Å². The van der Waals surface area contributed by atoms with Crippen LogP contribution in [-0.4, -0.2) is 24.4 Å². The maximum absolute atomic E-state index is 11.9. The number of nitrogens with one attached hydrogen (secondary N) is 2. The zero-order chi connectivity index (χ0) is 13.7. The highest BCUT2D eigenvalue weighted by atomic mass is 16.2. The molecule has 0 aliphatic heterocycles. The summed E-state index contributed by atoms with van der Waals surface area (Å²) in [5, 5.41) is 5.68.